The molecule has 2 aromatic rings. The Labute approximate surface area is 101 Å². The van der Waals surface area contributed by atoms with E-state index in [-0.39, 0.29) is 0 Å². The lowest BCUT2D eigenvalue weighted by molar-refractivity contribution is 1.14. The molecule has 0 radical (unpaired) electrons. The summed E-state index contributed by atoms with van der Waals surface area (Å²) in [4.78, 5) is 0. The molecule has 0 heterocycles. The number of para-hydroxylation sites is 1. The lowest BCUT2D eigenvalue weighted by Gasteiger charge is -2.11. The Hall–Kier alpha value is -1.47. The van der Waals surface area contributed by atoms with Crippen molar-refractivity contribution in [2.75, 3.05) is 5.32 Å². The van der Waals surface area contributed by atoms with Crippen molar-refractivity contribution in [1.29, 1.82) is 0 Å². The maximum absolute atomic E-state index is 5.97. The van der Waals surface area contributed by atoms with Gasteiger partial charge in [-0.25, -0.2) is 0 Å². The van der Waals surface area contributed by atoms with Gasteiger partial charge in [-0.3, -0.25) is 0 Å². The summed E-state index contributed by atoms with van der Waals surface area (Å²) in [5.41, 5.74) is 3.45. The molecule has 0 aliphatic heterocycles. The summed E-state index contributed by atoms with van der Waals surface area (Å²) in [5, 5.41) is 4.18. The van der Waals surface area contributed by atoms with Gasteiger partial charge in [-0.1, -0.05) is 36.7 Å². The van der Waals surface area contributed by atoms with Crippen molar-refractivity contribution in [3.05, 3.63) is 59.1 Å². The van der Waals surface area contributed by atoms with Crippen LogP contribution in [0.15, 0.2) is 48.5 Å². The summed E-state index contributed by atoms with van der Waals surface area (Å²) >= 11 is 5.97. The van der Waals surface area contributed by atoms with Crippen molar-refractivity contribution in [3.8, 4) is 0 Å². The van der Waals surface area contributed by atoms with E-state index in [2.05, 4.69) is 12.2 Å². The quantitative estimate of drug-likeness (QED) is 0.811. The first kappa shape index (κ1) is 11.0. The Kier molecular flexibility index (Phi) is 3.47. The molecule has 2 rings (SSSR count). The molecule has 0 aromatic heterocycles. The van der Waals surface area contributed by atoms with Gasteiger partial charge in [-0.15, -0.1) is 0 Å². The molecule has 82 valence electrons. The molecule has 0 amide bonds. The summed E-state index contributed by atoms with van der Waals surface area (Å²) in [6, 6.07) is 16.1. The molecule has 1 nitrogen and oxygen atoms in total. The van der Waals surface area contributed by atoms with E-state index in [0.29, 0.717) is 0 Å². The number of benzene rings is 2. The van der Waals surface area contributed by atoms with Gasteiger partial charge in [0.15, 0.2) is 0 Å². The van der Waals surface area contributed by atoms with Crippen LogP contribution in [0, 0.1) is 0 Å². The first-order valence-corrected chi connectivity index (χ1v) is 5.78. The maximum atomic E-state index is 5.97. The third-order valence-corrected chi connectivity index (χ3v) is 2.74. The van der Waals surface area contributed by atoms with Crippen molar-refractivity contribution in [2.24, 2.45) is 0 Å². The second kappa shape index (κ2) is 5.04. The standard InChI is InChI=1S/C14H14ClN/c1-2-11-10-12(15)8-9-14(11)16-13-6-4-3-5-7-13/h3-10,16H,2H2,1H3. The summed E-state index contributed by atoms with van der Waals surface area (Å²) in [6.45, 7) is 2.13. The zero-order valence-corrected chi connectivity index (χ0v) is 9.96. The average molecular weight is 232 g/mol. The van der Waals surface area contributed by atoms with Gasteiger partial charge in [0, 0.05) is 16.4 Å². The highest BCUT2D eigenvalue weighted by atomic mass is 35.5. The van der Waals surface area contributed by atoms with Gasteiger partial charge in [0.1, 0.15) is 0 Å². The molecule has 0 saturated heterocycles. The lowest BCUT2D eigenvalue weighted by Crippen LogP contribution is -1.94. The molecule has 0 aliphatic carbocycles. The first-order chi connectivity index (χ1) is 7.79. The summed E-state index contributed by atoms with van der Waals surface area (Å²) in [6.07, 6.45) is 0.968. The van der Waals surface area contributed by atoms with Gasteiger partial charge >= 0.3 is 0 Å². The number of nitrogens with one attached hydrogen (secondary N) is 1. The van der Waals surface area contributed by atoms with E-state index in [1.807, 2.05) is 48.5 Å². The third-order valence-electron chi connectivity index (χ3n) is 2.50. The highest BCUT2D eigenvalue weighted by Crippen LogP contribution is 2.24. The second-order valence-corrected chi connectivity index (χ2v) is 4.08. The molecular weight excluding hydrogens is 218 g/mol. The molecule has 2 aromatic carbocycles. The van der Waals surface area contributed by atoms with Crippen LogP contribution in [0.25, 0.3) is 0 Å². The Morgan fingerprint density at radius 3 is 2.50 bits per heavy atom. The molecular formula is C14H14ClN. The number of anilines is 2. The molecule has 0 saturated carbocycles. The normalized spacial score (nSPS) is 10.1. The van der Waals surface area contributed by atoms with Gasteiger partial charge in [0.2, 0.25) is 0 Å². The number of rotatable bonds is 3. The number of hydrogen-bond acceptors (Lipinski definition) is 1. The highest BCUT2D eigenvalue weighted by Gasteiger charge is 2.01. The van der Waals surface area contributed by atoms with Gasteiger partial charge in [-0.2, -0.15) is 0 Å². The van der Waals surface area contributed by atoms with Crippen molar-refractivity contribution in [2.45, 2.75) is 13.3 Å². The van der Waals surface area contributed by atoms with Crippen LogP contribution in [0.1, 0.15) is 12.5 Å². The fourth-order valence-corrected chi connectivity index (χ4v) is 1.85. The number of hydrogen-bond donors (Lipinski definition) is 1. The second-order valence-electron chi connectivity index (χ2n) is 3.65. The minimum Gasteiger partial charge on any atom is -0.355 e. The monoisotopic (exact) mass is 231 g/mol. The lowest BCUT2D eigenvalue weighted by atomic mass is 10.1. The van der Waals surface area contributed by atoms with Crippen molar-refractivity contribution in [3.63, 3.8) is 0 Å². The van der Waals surface area contributed by atoms with Crippen molar-refractivity contribution < 1.29 is 0 Å². The minimum absolute atomic E-state index is 0.787. The van der Waals surface area contributed by atoms with E-state index in [1.54, 1.807) is 0 Å². The number of aryl methyl sites for hydroxylation is 1. The predicted octanol–water partition coefficient (Wildman–Crippen LogP) is 4.65. The molecule has 0 spiro atoms. The maximum Gasteiger partial charge on any atom is 0.0417 e. The molecule has 0 bridgehead atoms. The third kappa shape index (κ3) is 2.56. The van der Waals surface area contributed by atoms with Crippen LogP contribution >= 0.6 is 11.6 Å². The average Bonchev–Trinajstić information content (AvgIpc) is 2.33. The van der Waals surface area contributed by atoms with Crippen LogP contribution in [-0.2, 0) is 6.42 Å². The molecule has 1 N–H and O–H groups in total. The van der Waals surface area contributed by atoms with Crippen LogP contribution in [0.5, 0.6) is 0 Å². The SMILES string of the molecule is CCc1cc(Cl)ccc1Nc1ccccc1. The van der Waals surface area contributed by atoms with Crippen LogP contribution in [0.4, 0.5) is 11.4 Å². The first-order valence-electron chi connectivity index (χ1n) is 5.40. The fourth-order valence-electron chi connectivity index (χ4n) is 1.65. The number of halogens is 1. The zero-order valence-electron chi connectivity index (χ0n) is 9.20. The van der Waals surface area contributed by atoms with E-state index in [0.717, 1.165) is 22.8 Å². The Morgan fingerprint density at radius 2 is 1.81 bits per heavy atom. The summed E-state index contributed by atoms with van der Waals surface area (Å²) in [5.74, 6) is 0. The van der Waals surface area contributed by atoms with Gasteiger partial charge in [0.05, 0.1) is 0 Å². The minimum atomic E-state index is 0.787. The Balaban J connectivity index is 2.28. The Bertz CT molecular complexity index is 465. The topological polar surface area (TPSA) is 12.0 Å². The van der Waals surface area contributed by atoms with Crippen LogP contribution in [-0.4, -0.2) is 0 Å². The molecule has 0 fully saturated rings. The van der Waals surface area contributed by atoms with Crippen LogP contribution in [0.2, 0.25) is 5.02 Å². The van der Waals surface area contributed by atoms with E-state index in [4.69, 9.17) is 11.6 Å². The predicted molar refractivity (Wildman–Crippen MR) is 70.6 cm³/mol. The summed E-state index contributed by atoms with van der Waals surface area (Å²) in [7, 11) is 0. The fraction of sp³-hybridized carbons (Fsp3) is 0.143. The van der Waals surface area contributed by atoms with E-state index in [9.17, 15) is 0 Å². The van der Waals surface area contributed by atoms with Gasteiger partial charge < -0.3 is 5.32 Å². The van der Waals surface area contributed by atoms with Crippen LogP contribution in [0.3, 0.4) is 0 Å². The molecule has 0 aliphatic rings. The smallest absolute Gasteiger partial charge is 0.0417 e. The van der Waals surface area contributed by atoms with E-state index < -0.39 is 0 Å². The van der Waals surface area contributed by atoms with Crippen molar-refractivity contribution >= 4 is 23.0 Å². The van der Waals surface area contributed by atoms with Gasteiger partial charge in [-0.05, 0) is 42.3 Å². The molecule has 2 heteroatoms. The molecule has 0 unspecified atom stereocenters. The Morgan fingerprint density at radius 1 is 1.06 bits per heavy atom. The van der Waals surface area contributed by atoms with Crippen LogP contribution < -0.4 is 5.32 Å². The van der Waals surface area contributed by atoms with E-state index >= 15 is 0 Å². The largest absolute Gasteiger partial charge is 0.355 e. The van der Waals surface area contributed by atoms with Crippen molar-refractivity contribution in [1.82, 2.24) is 0 Å². The molecule has 0 atom stereocenters. The van der Waals surface area contributed by atoms with Gasteiger partial charge in [0.25, 0.3) is 0 Å². The van der Waals surface area contributed by atoms with E-state index in [1.165, 1.54) is 5.56 Å². The summed E-state index contributed by atoms with van der Waals surface area (Å²) < 4.78 is 0. The highest BCUT2D eigenvalue weighted by molar-refractivity contribution is 6.30. The molecule has 16 heavy (non-hydrogen) atoms. The zero-order chi connectivity index (χ0) is 11.4.